The Kier molecular flexibility index (Phi) is 6.43. The summed E-state index contributed by atoms with van der Waals surface area (Å²) in [4.78, 5) is 0. The lowest BCUT2D eigenvalue weighted by Crippen LogP contribution is -2.06. The van der Waals surface area contributed by atoms with E-state index < -0.39 is 23.5 Å². The lowest BCUT2D eigenvalue weighted by atomic mass is 9.98. The molecule has 0 bridgehead atoms. The van der Waals surface area contributed by atoms with Gasteiger partial charge in [0, 0.05) is 27.1 Å². The molecule has 0 radical (unpaired) electrons. The minimum Gasteiger partial charge on any atom is -0.308 e. The summed E-state index contributed by atoms with van der Waals surface area (Å²) in [6.45, 7) is 0. The molecule has 0 saturated carbocycles. The molecule has 2 aromatic heterocycles. The van der Waals surface area contributed by atoms with Crippen molar-refractivity contribution in [2.75, 3.05) is 0 Å². The van der Waals surface area contributed by atoms with Gasteiger partial charge in [0.15, 0.2) is 0 Å². The predicted octanol–water partition coefficient (Wildman–Crippen LogP) is 11.5. The lowest BCUT2D eigenvalue weighted by Gasteiger charge is -2.21. The molecule has 48 heavy (non-hydrogen) atoms. The molecule has 0 spiro atoms. The molecule has 0 atom stereocenters. The van der Waals surface area contributed by atoms with Crippen molar-refractivity contribution in [1.29, 1.82) is 5.26 Å². The first kappa shape index (κ1) is 29.4. The second-order valence-corrected chi connectivity index (χ2v) is 11.5. The van der Waals surface area contributed by atoms with Crippen LogP contribution in [0.25, 0.3) is 66.1 Å². The Balaban J connectivity index is 1.55. The molecular weight excluding hydrogens is 624 g/mol. The van der Waals surface area contributed by atoms with E-state index in [1.807, 2.05) is 51.6 Å². The van der Waals surface area contributed by atoms with Crippen LogP contribution in [0.1, 0.15) is 16.7 Å². The Morgan fingerprint density at radius 1 is 0.458 bits per heavy atom. The van der Waals surface area contributed by atoms with Crippen LogP contribution < -0.4 is 0 Å². The van der Waals surface area contributed by atoms with Crippen LogP contribution in [0.3, 0.4) is 0 Å². The van der Waals surface area contributed by atoms with E-state index >= 15 is 0 Å². The van der Waals surface area contributed by atoms with E-state index in [9.17, 15) is 31.6 Å². The fourth-order valence-corrected chi connectivity index (χ4v) is 6.75. The summed E-state index contributed by atoms with van der Waals surface area (Å²) < 4.78 is 87.0. The number of alkyl halides is 6. The molecule has 0 aliphatic carbocycles. The van der Waals surface area contributed by atoms with Gasteiger partial charge in [0.25, 0.3) is 0 Å². The summed E-state index contributed by atoms with van der Waals surface area (Å²) in [5, 5.41) is 12.3. The first-order valence-corrected chi connectivity index (χ1v) is 14.9. The van der Waals surface area contributed by atoms with Crippen LogP contribution in [0.5, 0.6) is 0 Å². The van der Waals surface area contributed by atoms with E-state index in [1.54, 1.807) is 48.5 Å². The number of hydrogen-bond donors (Lipinski definition) is 0. The Morgan fingerprint density at radius 2 is 0.875 bits per heavy atom. The van der Waals surface area contributed by atoms with Crippen LogP contribution in [0.15, 0.2) is 127 Å². The Labute approximate surface area is 269 Å². The number of benzene rings is 6. The van der Waals surface area contributed by atoms with Crippen LogP contribution in [0.4, 0.5) is 26.3 Å². The Hall–Kier alpha value is -6.01. The Morgan fingerprint density at radius 3 is 1.31 bits per heavy atom. The number of nitriles is 1. The van der Waals surface area contributed by atoms with E-state index in [4.69, 9.17) is 0 Å². The zero-order valence-corrected chi connectivity index (χ0v) is 24.7. The third-order valence-electron chi connectivity index (χ3n) is 8.77. The number of para-hydroxylation sites is 2. The molecule has 8 rings (SSSR count). The highest BCUT2D eigenvalue weighted by atomic mass is 19.4. The zero-order valence-electron chi connectivity index (χ0n) is 24.7. The van der Waals surface area contributed by atoms with E-state index in [-0.39, 0.29) is 5.56 Å². The molecule has 234 valence electrons. The van der Waals surface area contributed by atoms with Crippen LogP contribution in [-0.2, 0) is 12.4 Å². The summed E-state index contributed by atoms with van der Waals surface area (Å²) >= 11 is 0. The van der Waals surface area contributed by atoms with E-state index in [1.165, 1.54) is 12.1 Å². The Bertz CT molecular complexity index is 2450. The number of halogens is 6. The van der Waals surface area contributed by atoms with Crippen LogP contribution in [0.2, 0.25) is 0 Å². The van der Waals surface area contributed by atoms with Gasteiger partial charge < -0.3 is 9.13 Å². The van der Waals surface area contributed by atoms with Crippen molar-refractivity contribution in [2.45, 2.75) is 12.4 Å². The average Bonchev–Trinajstić information content (AvgIpc) is 3.59. The molecule has 0 fully saturated rings. The van der Waals surface area contributed by atoms with Crippen molar-refractivity contribution in [1.82, 2.24) is 9.13 Å². The van der Waals surface area contributed by atoms with E-state index in [0.717, 1.165) is 29.8 Å². The van der Waals surface area contributed by atoms with Gasteiger partial charge in [-0.15, -0.1) is 0 Å². The smallest absolute Gasteiger partial charge is 0.308 e. The molecule has 0 N–H and O–H groups in total. The number of aromatic nitrogens is 2. The monoisotopic (exact) mass is 645 g/mol. The number of fused-ring (bicyclic) bond motifs is 6. The van der Waals surface area contributed by atoms with Gasteiger partial charge in [0.1, 0.15) is 0 Å². The third kappa shape index (κ3) is 4.52. The molecule has 0 unspecified atom stereocenters. The van der Waals surface area contributed by atoms with Crippen molar-refractivity contribution in [3.05, 3.63) is 144 Å². The normalized spacial score (nSPS) is 12.4. The van der Waals surface area contributed by atoms with Crippen molar-refractivity contribution in [3.8, 4) is 28.6 Å². The highest BCUT2D eigenvalue weighted by Crippen LogP contribution is 2.44. The third-order valence-corrected chi connectivity index (χ3v) is 8.77. The van der Waals surface area contributed by atoms with E-state index in [2.05, 4.69) is 6.07 Å². The van der Waals surface area contributed by atoms with Crippen LogP contribution in [-0.4, -0.2) is 9.13 Å². The second kappa shape index (κ2) is 10.5. The van der Waals surface area contributed by atoms with Crippen molar-refractivity contribution in [2.24, 2.45) is 0 Å². The van der Waals surface area contributed by atoms with Gasteiger partial charge in [-0.2, -0.15) is 31.6 Å². The minimum absolute atomic E-state index is 0.260. The molecule has 8 aromatic rings. The molecule has 0 aliphatic rings. The minimum atomic E-state index is -4.55. The summed E-state index contributed by atoms with van der Waals surface area (Å²) in [6, 6.07) is 36.5. The summed E-state index contributed by atoms with van der Waals surface area (Å²) in [6.07, 6.45) is -9.11. The van der Waals surface area contributed by atoms with Gasteiger partial charge in [0.05, 0.1) is 56.2 Å². The van der Waals surface area contributed by atoms with Crippen LogP contribution >= 0.6 is 0 Å². The van der Waals surface area contributed by atoms with Crippen molar-refractivity contribution in [3.63, 3.8) is 0 Å². The van der Waals surface area contributed by atoms with Gasteiger partial charge in [-0.05, 0) is 66.2 Å². The zero-order chi connectivity index (χ0) is 33.4. The van der Waals surface area contributed by atoms with E-state index in [0.29, 0.717) is 60.5 Å². The first-order chi connectivity index (χ1) is 23.0. The first-order valence-electron chi connectivity index (χ1n) is 14.9. The maximum Gasteiger partial charge on any atom is 0.416 e. The average molecular weight is 646 g/mol. The summed E-state index contributed by atoms with van der Waals surface area (Å²) in [5.74, 6) is 0. The summed E-state index contributed by atoms with van der Waals surface area (Å²) in [5.41, 5.74) is 3.38. The highest BCUT2D eigenvalue weighted by Gasteiger charge is 2.33. The molecule has 0 saturated heterocycles. The summed E-state index contributed by atoms with van der Waals surface area (Å²) in [7, 11) is 0. The van der Waals surface area contributed by atoms with Crippen LogP contribution in [0, 0.1) is 11.3 Å². The number of hydrogen-bond acceptors (Lipinski definition) is 1. The quantitative estimate of drug-likeness (QED) is 0.176. The maximum atomic E-state index is 13.9. The predicted molar refractivity (Wildman–Crippen MR) is 175 cm³/mol. The number of rotatable bonds is 3. The molecule has 6 aromatic carbocycles. The highest BCUT2D eigenvalue weighted by molar-refractivity contribution is 6.12. The molecule has 0 aliphatic heterocycles. The molecule has 3 nitrogen and oxygen atoms in total. The number of nitrogens with zero attached hydrogens (tertiary/aromatic N) is 3. The molecule has 0 amide bonds. The largest absolute Gasteiger partial charge is 0.416 e. The lowest BCUT2D eigenvalue weighted by molar-refractivity contribution is -0.138. The van der Waals surface area contributed by atoms with Crippen molar-refractivity contribution >= 4 is 43.6 Å². The fourth-order valence-electron chi connectivity index (χ4n) is 6.75. The standard InChI is InChI=1S/C39H21F6N3/c40-38(41,42)25-14-16-33-29(20-25)27-10-4-6-12-31(27)47(33)35-18-23(22-46)19-36(37(35)24-8-2-1-3-9-24)48-32-13-7-5-11-28(32)30-21-26(39(43,44)45)15-17-34(30)48/h1-21H. The van der Waals surface area contributed by atoms with Crippen molar-refractivity contribution < 1.29 is 26.3 Å². The molecule has 2 heterocycles. The second-order valence-electron chi connectivity index (χ2n) is 11.5. The fraction of sp³-hybridized carbons (Fsp3) is 0.0513. The maximum absolute atomic E-state index is 13.9. The molecule has 9 heteroatoms. The van der Waals surface area contributed by atoms with Gasteiger partial charge in [-0.25, -0.2) is 0 Å². The molecular formula is C39H21F6N3. The SMILES string of the molecule is N#Cc1cc(-n2c3ccccc3c3cc(C(F)(F)F)ccc32)c(-c2ccccc2)c(-n2c3ccccc3c3cc(C(F)(F)F)ccc32)c1. The van der Waals surface area contributed by atoms with Gasteiger partial charge in [-0.3, -0.25) is 0 Å². The van der Waals surface area contributed by atoms with Gasteiger partial charge in [-0.1, -0.05) is 66.7 Å². The van der Waals surface area contributed by atoms with Gasteiger partial charge in [0.2, 0.25) is 0 Å². The van der Waals surface area contributed by atoms with Gasteiger partial charge >= 0.3 is 12.4 Å². The topological polar surface area (TPSA) is 33.6 Å².